The normalized spacial score (nSPS) is 9.50. The monoisotopic (exact) mass is 209 g/mol. The number of H-pyrrole nitrogens is 1. The predicted molar refractivity (Wildman–Crippen MR) is 24.6 cm³/mol. The molecule has 0 saturated heterocycles. The van der Waals surface area contributed by atoms with Crippen LogP contribution in [0.3, 0.4) is 0 Å². The molecule has 1 rings (SSSR count). The van der Waals surface area contributed by atoms with Crippen molar-refractivity contribution in [3.05, 3.63) is 6.20 Å². The number of phosphoric ester groups is 1. The molecule has 0 amide bonds. The largest absolute Gasteiger partial charge is 1.00 e. The Balaban J connectivity index is 0. The third-order valence-electron chi connectivity index (χ3n) is 0.598. The fourth-order valence-electron chi connectivity index (χ4n) is 0.350. The van der Waals surface area contributed by atoms with E-state index in [9.17, 15) is 14.4 Å². The van der Waals surface area contributed by atoms with E-state index >= 15 is 0 Å². The topological polar surface area (TPSA) is 114 Å². The van der Waals surface area contributed by atoms with Crippen molar-refractivity contribution in [1.82, 2.24) is 15.4 Å². The average molecular weight is 209 g/mol. The number of hydrogen-bond donors (Lipinski definition) is 1. The first-order valence-electron chi connectivity index (χ1n) is 2.15. The van der Waals surface area contributed by atoms with Crippen LogP contribution in [0.4, 0.5) is 0 Å². The minimum Gasteiger partial charge on any atom is -0.780 e. The Kier molecular flexibility index (Phi) is 8.47. The van der Waals surface area contributed by atoms with E-state index in [-0.39, 0.29) is 65.0 Å². The summed E-state index contributed by atoms with van der Waals surface area (Å²) in [5.41, 5.74) is 0. The Morgan fingerprint density at radius 1 is 1.50 bits per heavy atom. The van der Waals surface area contributed by atoms with Crippen molar-refractivity contribution in [2.45, 2.75) is 0 Å². The first kappa shape index (κ1) is 15.6. The molecule has 0 unspecified atom stereocenters. The number of aromatic nitrogens is 3. The van der Waals surface area contributed by atoms with Gasteiger partial charge in [0.1, 0.15) is 14.0 Å². The van der Waals surface area contributed by atoms with Gasteiger partial charge in [0, 0.05) is 0 Å². The summed E-state index contributed by atoms with van der Waals surface area (Å²) in [6.07, 6.45) is 0.975. The molecule has 0 aliphatic heterocycles. The van der Waals surface area contributed by atoms with Crippen molar-refractivity contribution in [3.63, 3.8) is 0 Å². The number of phosphoric acid groups is 1. The molecule has 56 valence electrons. The van der Waals surface area contributed by atoms with Crippen LogP contribution in [-0.2, 0) is 4.57 Å². The van der Waals surface area contributed by atoms with Crippen LogP contribution in [0.15, 0.2) is 6.20 Å². The second-order valence-electron chi connectivity index (χ2n) is 1.35. The molecule has 0 bridgehead atoms. The molecule has 0 fully saturated rings. The van der Waals surface area contributed by atoms with Crippen molar-refractivity contribution >= 4 is 7.82 Å². The summed E-state index contributed by atoms with van der Waals surface area (Å²) < 4.78 is 13.6. The van der Waals surface area contributed by atoms with Crippen LogP contribution >= 0.6 is 7.82 Å². The van der Waals surface area contributed by atoms with Gasteiger partial charge in [0.25, 0.3) is 5.88 Å². The Hall–Kier alpha value is 1.09. The summed E-state index contributed by atoms with van der Waals surface area (Å²) in [5.74, 6) is -0.353. The third kappa shape index (κ3) is 6.59. The van der Waals surface area contributed by atoms with E-state index in [1.807, 2.05) is 5.21 Å². The zero-order valence-corrected chi connectivity index (χ0v) is 11.4. The maximum atomic E-state index is 9.87. The summed E-state index contributed by atoms with van der Waals surface area (Å²) in [7, 11) is -4.98. The first-order valence-corrected chi connectivity index (χ1v) is 3.61. The van der Waals surface area contributed by atoms with Gasteiger partial charge >= 0.3 is 59.1 Å². The van der Waals surface area contributed by atoms with Crippen LogP contribution in [-0.4, -0.2) is 15.4 Å². The van der Waals surface area contributed by atoms with E-state index in [0.29, 0.717) is 0 Å². The van der Waals surface area contributed by atoms with Gasteiger partial charge in [-0.05, 0) is 0 Å². The van der Waals surface area contributed by atoms with Gasteiger partial charge in [-0.25, -0.2) is 0 Å². The van der Waals surface area contributed by atoms with Crippen molar-refractivity contribution < 1.29 is 78.0 Å². The molecule has 0 spiro atoms. The van der Waals surface area contributed by atoms with Gasteiger partial charge in [-0.15, -0.1) is 5.10 Å². The molecule has 0 aliphatic rings. The van der Waals surface area contributed by atoms with Gasteiger partial charge < -0.3 is 18.9 Å². The van der Waals surface area contributed by atoms with Crippen molar-refractivity contribution in [2.24, 2.45) is 0 Å². The Morgan fingerprint density at radius 3 is 2.42 bits per heavy atom. The fourth-order valence-corrected chi connectivity index (χ4v) is 0.667. The Bertz CT molecular complexity index is 247. The van der Waals surface area contributed by atoms with Crippen LogP contribution in [0.2, 0.25) is 0 Å². The second-order valence-corrected chi connectivity index (χ2v) is 2.42. The molecule has 1 N–H and O–H groups in total. The van der Waals surface area contributed by atoms with Crippen LogP contribution in [0.25, 0.3) is 0 Å². The van der Waals surface area contributed by atoms with E-state index in [0.717, 1.165) is 6.20 Å². The van der Waals surface area contributed by atoms with E-state index < -0.39 is 7.82 Å². The maximum absolute atomic E-state index is 9.87. The molecule has 1 aromatic heterocycles. The standard InChI is InChI=1S/C2H4N3O4P.2Na/c6-10(7,8)9-2-1-3-5-4-2;;/h1H,(H,3,4,5)(H2,6,7,8);;/q;2*+1/p-2. The molecule has 10 heteroatoms. The summed E-state index contributed by atoms with van der Waals surface area (Å²) in [5, 5.41) is 8.45. The summed E-state index contributed by atoms with van der Waals surface area (Å²) in [4.78, 5) is 19.7. The molecular formula is C2H2N3Na2O4P. The van der Waals surface area contributed by atoms with Gasteiger partial charge in [-0.1, -0.05) is 0 Å². The third-order valence-corrected chi connectivity index (χ3v) is 1.01. The molecule has 0 atom stereocenters. The van der Waals surface area contributed by atoms with E-state index in [4.69, 9.17) is 0 Å². The zero-order chi connectivity index (χ0) is 7.61. The van der Waals surface area contributed by atoms with E-state index in [1.165, 1.54) is 0 Å². The van der Waals surface area contributed by atoms with Gasteiger partial charge in [0.05, 0.1) is 0 Å². The SMILES string of the molecule is O=P([O-])([O-])Oc1cn[nH]n1.[Na+].[Na+]. The molecule has 1 aromatic rings. The molecule has 1 heterocycles. The summed E-state index contributed by atoms with van der Waals surface area (Å²) >= 11 is 0. The quantitative estimate of drug-likeness (QED) is 0.382. The molecule has 7 nitrogen and oxygen atoms in total. The van der Waals surface area contributed by atoms with Gasteiger partial charge in [-0.2, -0.15) is 10.3 Å². The minimum absolute atomic E-state index is 0. The van der Waals surface area contributed by atoms with Crippen LogP contribution in [0.5, 0.6) is 5.88 Å². The van der Waals surface area contributed by atoms with Crippen LogP contribution < -0.4 is 73.4 Å². The molecule has 0 saturated carbocycles. The Labute approximate surface area is 112 Å². The number of nitrogens with one attached hydrogen (secondary N) is 1. The predicted octanol–water partition coefficient (Wildman–Crippen LogP) is -7.98. The van der Waals surface area contributed by atoms with Crippen molar-refractivity contribution in [2.75, 3.05) is 0 Å². The smallest absolute Gasteiger partial charge is 0.780 e. The molecule has 0 aliphatic carbocycles. The minimum atomic E-state index is -4.98. The molecule has 0 radical (unpaired) electrons. The molecule has 12 heavy (non-hydrogen) atoms. The van der Waals surface area contributed by atoms with E-state index in [2.05, 4.69) is 14.7 Å². The van der Waals surface area contributed by atoms with Gasteiger partial charge in [-0.3, -0.25) is 0 Å². The van der Waals surface area contributed by atoms with Crippen LogP contribution in [0, 0.1) is 0 Å². The summed E-state index contributed by atoms with van der Waals surface area (Å²) in [6, 6.07) is 0. The maximum Gasteiger partial charge on any atom is 1.00 e. The molecular weight excluding hydrogens is 207 g/mol. The van der Waals surface area contributed by atoms with Crippen molar-refractivity contribution in [3.8, 4) is 5.88 Å². The van der Waals surface area contributed by atoms with E-state index in [1.54, 1.807) is 0 Å². The number of nitrogens with zero attached hydrogens (tertiary/aromatic N) is 2. The van der Waals surface area contributed by atoms with Gasteiger partial charge in [0.15, 0.2) is 0 Å². The van der Waals surface area contributed by atoms with Crippen LogP contribution in [0.1, 0.15) is 0 Å². The number of aromatic amines is 1. The van der Waals surface area contributed by atoms with Gasteiger partial charge in [0.2, 0.25) is 0 Å². The fraction of sp³-hybridized carbons (Fsp3) is 0. The average Bonchev–Trinajstić information content (AvgIpc) is 2.12. The first-order chi connectivity index (χ1) is 4.58. The zero-order valence-electron chi connectivity index (χ0n) is 6.55. The molecule has 0 aromatic carbocycles. The Morgan fingerprint density at radius 2 is 2.08 bits per heavy atom. The summed E-state index contributed by atoms with van der Waals surface area (Å²) in [6.45, 7) is 0. The second kappa shape index (κ2) is 6.53. The number of hydrogen-bond acceptors (Lipinski definition) is 6. The van der Waals surface area contributed by atoms with Crippen molar-refractivity contribution in [1.29, 1.82) is 0 Å². The number of rotatable bonds is 2.